The molecule has 1 aliphatic rings. The molecule has 1 aromatic rings. The van der Waals surface area contributed by atoms with Crippen LogP contribution in [0.1, 0.15) is 181 Å². The van der Waals surface area contributed by atoms with E-state index in [2.05, 4.69) is 42.2 Å². The van der Waals surface area contributed by atoms with E-state index >= 15 is 0 Å². The minimum Gasteiger partial charge on any atom is -0.462 e. The smallest absolute Gasteiger partial charge is 0.462 e. The average Bonchev–Trinajstić information content (AvgIpc) is 3.63. The Bertz CT molecular complexity index is 2010. The Balaban J connectivity index is 1.82. The molecule has 0 radical (unpaired) electrons. The van der Waals surface area contributed by atoms with Crippen LogP contribution >= 0.6 is 15.6 Å². The SMILES string of the molecule is CC/C=C\C/C=C\CC(O)/C=C/C=C\C/C=C\CCCC(=O)OC[C@H](COP(=O)(O)OP(=O)(O)OC[C@H]1O[C@@H](n2ccc(N)nc2=O)[C@H](O)[C@@H]1O)OC(=O)CCCCCCCCCCCCCCCCC(C)CC. The van der Waals surface area contributed by atoms with Crippen molar-refractivity contribution in [1.82, 2.24) is 9.55 Å². The molecule has 2 heterocycles. The third kappa shape index (κ3) is 32.1. The normalized spacial score (nSPS) is 20.2. The lowest BCUT2D eigenvalue weighted by Crippen LogP contribution is -2.36. The minimum absolute atomic E-state index is 0.0157. The molecule has 0 aromatic carbocycles. The van der Waals surface area contributed by atoms with E-state index in [0.29, 0.717) is 32.1 Å². The highest BCUT2D eigenvalue weighted by Gasteiger charge is 2.46. The first-order valence-electron chi connectivity index (χ1n) is 26.8. The Hall–Kier alpha value is -3.58. The molecular weight excluding hydrogens is 997 g/mol. The lowest BCUT2D eigenvalue weighted by atomic mass is 9.99. The largest absolute Gasteiger partial charge is 0.481 e. The van der Waals surface area contributed by atoms with E-state index in [-0.39, 0.29) is 18.7 Å². The second kappa shape index (κ2) is 39.7. The Labute approximate surface area is 439 Å². The van der Waals surface area contributed by atoms with Crippen LogP contribution < -0.4 is 11.4 Å². The van der Waals surface area contributed by atoms with Gasteiger partial charge in [-0.05, 0) is 56.9 Å². The topological polar surface area (TPSA) is 286 Å². The number of nitrogens with zero attached hydrogens (tertiary/aromatic N) is 2. The molecule has 1 fully saturated rings. The molecule has 21 heteroatoms. The third-order valence-corrected chi connectivity index (χ3v) is 14.8. The van der Waals surface area contributed by atoms with Gasteiger partial charge in [-0.1, -0.05) is 178 Å². The molecule has 0 aliphatic carbocycles. The van der Waals surface area contributed by atoms with E-state index in [4.69, 9.17) is 29.0 Å². The van der Waals surface area contributed by atoms with Crippen LogP contribution in [0.15, 0.2) is 77.8 Å². The molecule has 422 valence electrons. The van der Waals surface area contributed by atoms with Crippen LogP contribution in [0.4, 0.5) is 5.82 Å². The van der Waals surface area contributed by atoms with E-state index in [0.717, 1.165) is 55.2 Å². The summed E-state index contributed by atoms with van der Waals surface area (Å²) in [4.78, 5) is 62.0. The van der Waals surface area contributed by atoms with Crippen molar-refractivity contribution in [1.29, 1.82) is 0 Å². The third-order valence-electron chi connectivity index (χ3n) is 12.2. The molecule has 9 atom stereocenters. The summed E-state index contributed by atoms with van der Waals surface area (Å²) in [5, 5.41) is 31.0. The molecule has 1 saturated heterocycles. The Morgan fingerprint density at radius 3 is 2.01 bits per heavy atom. The van der Waals surface area contributed by atoms with Crippen LogP contribution in [0.3, 0.4) is 0 Å². The van der Waals surface area contributed by atoms with Gasteiger partial charge < -0.3 is 45.1 Å². The number of hydrogen-bond donors (Lipinski definition) is 6. The van der Waals surface area contributed by atoms with E-state index in [9.17, 15) is 48.6 Å². The summed E-state index contributed by atoms with van der Waals surface area (Å²) in [6.07, 6.45) is 34.7. The number of esters is 2. The van der Waals surface area contributed by atoms with Crippen LogP contribution in [0.5, 0.6) is 0 Å². The van der Waals surface area contributed by atoms with Crippen molar-refractivity contribution in [2.45, 2.75) is 212 Å². The van der Waals surface area contributed by atoms with E-state index < -0.39 is 89.8 Å². The maximum atomic E-state index is 12.9. The number of anilines is 1. The van der Waals surface area contributed by atoms with Crippen molar-refractivity contribution < 1.29 is 71.4 Å². The van der Waals surface area contributed by atoms with Crippen molar-refractivity contribution in [2.75, 3.05) is 25.6 Å². The van der Waals surface area contributed by atoms with Crippen LogP contribution in [0.2, 0.25) is 0 Å². The summed E-state index contributed by atoms with van der Waals surface area (Å²) >= 11 is 0. The van der Waals surface area contributed by atoms with Crippen LogP contribution in [-0.4, -0.2) is 96.9 Å². The molecule has 0 amide bonds. The van der Waals surface area contributed by atoms with Crippen molar-refractivity contribution in [3.63, 3.8) is 0 Å². The number of hydrogen-bond acceptors (Lipinski definition) is 16. The first kappa shape index (κ1) is 66.5. The maximum absolute atomic E-state index is 12.9. The van der Waals surface area contributed by atoms with Gasteiger partial charge in [0.2, 0.25) is 0 Å². The molecule has 0 bridgehead atoms. The number of nitrogen functional groups attached to an aromatic ring is 1. The van der Waals surface area contributed by atoms with E-state index in [1.54, 1.807) is 12.2 Å². The summed E-state index contributed by atoms with van der Waals surface area (Å²) in [5.41, 5.74) is 4.58. The summed E-state index contributed by atoms with van der Waals surface area (Å²) < 4.78 is 56.8. The van der Waals surface area contributed by atoms with Gasteiger partial charge in [-0.15, -0.1) is 0 Å². The number of carbonyl (C=O) groups excluding carboxylic acids is 2. The Morgan fingerprint density at radius 2 is 1.36 bits per heavy atom. The second-order valence-corrected chi connectivity index (χ2v) is 21.8. The van der Waals surface area contributed by atoms with Gasteiger partial charge in [0.05, 0.1) is 19.3 Å². The van der Waals surface area contributed by atoms with Crippen molar-refractivity contribution in [3.8, 4) is 0 Å². The fourth-order valence-corrected chi connectivity index (χ4v) is 9.81. The predicted molar refractivity (Wildman–Crippen MR) is 285 cm³/mol. The molecule has 4 unspecified atom stereocenters. The number of carbonyl (C=O) groups is 2. The molecule has 0 spiro atoms. The Kier molecular flexibility index (Phi) is 35.7. The minimum atomic E-state index is -5.45. The fraction of sp³-hybridized carbons (Fsp3) is 0.698. The van der Waals surface area contributed by atoms with Crippen LogP contribution in [0.25, 0.3) is 0 Å². The monoisotopic (exact) mass is 1090 g/mol. The number of unbranched alkanes of at least 4 members (excludes halogenated alkanes) is 14. The zero-order valence-corrected chi connectivity index (χ0v) is 45.9. The number of ether oxygens (including phenoxy) is 3. The molecule has 1 aliphatic heterocycles. The molecule has 19 nitrogen and oxygen atoms in total. The van der Waals surface area contributed by atoms with Crippen LogP contribution in [-0.2, 0) is 46.3 Å². The number of aliphatic hydroxyl groups is 3. The maximum Gasteiger partial charge on any atom is 0.481 e. The molecule has 2 rings (SSSR count). The van der Waals surface area contributed by atoms with Gasteiger partial charge in [0.25, 0.3) is 0 Å². The van der Waals surface area contributed by atoms with Gasteiger partial charge in [-0.25, -0.2) is 13.9 Å². The molecular formula is C53H89N3O16P2. The number of aliphatic hydroxyl groups excluding tert-OH is 3. The van der Waals surface area contributed by atoms with Crippen molar-refractivity contribution in [3.05, 3.63) is 83.5 Å². The predicted octanol–water partition coefficient (Wildman–Crippen LogP) is 10.3. The summed E-state index contributed by atoms with van der Waals surface area (Å²) in [7, 11) is -10.9. The molecule has 1 aromatic heterocycles. The van der Waals surface area contributed by atoms with Gasteiger partial charge >= 0.3 is 33.3 Å². The van der Waals surface area contributed by atoms with E-state index in [1.807, 2.05) is 36.5 Å². The Morgan fingerprint density at radius 1 is 0.770 bits per heavy atom. The summed E-state index contributed by atoms with van der Waals surface area (Å²) in [6, 6.07) is 1.24. The van der Waals surface area contributed by atoms with Gasteiger partial charge in [0.1, 0.15) is 30.7 Å². The highest BCUT2D eigenvalue weighted by molar-refractivity contribution is 7.61. The summed E-state index contributed by atoms with van der Waals surface area (Å²) in [5.74, 6) is -0.571. The zero-order valence-electron chi connectivity index (χ0n) is 44.2. The van der Waals surface area contributed by atoms with Gasteiger partial charge in [-0.3, -0.25) is 23.2 Å². The average molecular weight is 1090 g/mol. The van der Waals surface area contributed by atoms with Crippen molar-refractivity contribution >= 4 is 33.4 Å². The first-order valence-corrected chi connectivity index (χ1v) is 29.8. The fourth-order valence-electron chi connectivity index (χ4n) is 7.70. The number of rotatable bonds is 43. The van der Waals surface area contributed by atoms with Gasteiger partial charge in [0, 0.05) is 19.0 Å². The quantitative estimate of drug-likeness (QED) is 0.0117. The van der Waals surface area contributed by atoms with E-state index in [1.165, 1.54) is 76.7 Å². The number of nitrogens with two attached hydrogens (primary N) is 1. The van der Waals surface area contributed by atoms with Crippen molar-refractivity contribution in [2.24, 2.45) is 5.92 Å². The summed E-state index contributed by atoms with van der Waals surface area (Å²) in [6.45, 7) is 4.27. The molecule has 0 saturated carbocycles. The lowest BCUT2D eigenvalue weighted by Gasteiger charge is -2.21. The van der Waals surface area contributed by atoms with Crippen LogP contribution in [0, 0.1) is 5.92 Å². The number of allylic oxidation sites excluding steroid dienone is 8. The van der Waals surface area contributed by atoms with Gasteiger partial charge in [0.15, 0.2) is 12.3 Å². The lowest BCUT2D eigenvalue weighted by molar-refractivity contribution is -0.161. The highest BCUT2D eigenvalue weighted by Crippen LogP contribution is 2.60. The number of phosphoric ester groups is 2. The number of phosphoric acid groups is 2. The highest BCUT2D eigenvalue weighted by atomic mass is 31.3. The molecule has 74 heavy (non-hydrogen) atoms. The zero-order chi connectivity index (χ0) is 54.5. The number of aromatic nitrogens is 2. The first-order chi connectivity index (χ1) is 35.5. The van der Waals surface area contributed by atoms with Gasteiger partial charge in [-0.2, -0.15) is 9.29 Å². The standard InChI is InChI=1S/C53H89N3O16P2/c1-4-6-7-8-24-29-34-44(57)35-30-25-20-17-18-21-26-31-36-48(58)67-40-45(70-49(59)37-32-27-22-16-14-12-10-9-11-13-15-19-23-28-33-43(3)5-2)41-68-73(63,64)72-74(65,66)69-42-46-50(60)51(61)52(71-46)56-39-38-47(54)55-53(56)62/h6-7,18,20-21,24-25,29-30,35,38-39,43-46,50-52,57,60-61H,4-5,8-17,19,22-23,26-28,31-34,36-37,40-42H2,1-3H3,(H,63,64)(H,65,66)(H2,54,55,62)/b7-6-,21-18-,25-20-,29-24-,35-30+/t43?,44?,45-,46-,50-,51-,52-/m1/s1. The molecule has 7 N–H and O–H groups in total. The second-order valence-electron chi connectivity index (χ2n) is 18.8.